The van der Waals surface area contributed by atoms with Crippen molar-refractivity contribution in [3.63, 3.8) is 0 Å². The lowest BCUT2D eigenvalue weighted by Gasteiger charge is -2.15. The van der Waals surface area contributed by atoms with Gasteiger partial charge in [-0.2, -0.15) is 0 Å². The molecule has 7 heteroatoms. The highest BCUT2D eigenvalue weighted by Gasteiger charge is 2.21. The summed E-state index contributed by atoms with van der Waals surface area (Å²) in [5.41, 5.74) is 0.870. The third-order valence-corrected chi connectivity index (χ3v) is 5.93. The molecule has 1 atom stereocenters. The topological polar surface area (TPSA) is 46.2 Å². The molecule has 2 rings (SSSR count). The number of sulfonamides is 1. The molecule has 0 aromatic heterocycles. The van der Waals surface area contributed by atoms with Crippen molar-refractivity contribution in [3.8, 4) is 0 Å². The normalized spacial score (nSPS) is 13.1. The molecule has 0 saturated heterocycles. The van der Waals surface area contributed by atoms with Crippen molar-refractivity contribution < 1.29 is 8.42 Å². The molecule has 0 radical (unpaired) electrons. The van der Waals surface area contributed by atoms with Crippen molar-refractivity contribution in [2.75, 3.05) is 0 Å². The summed E-state index contributed by atoms with van der Waals surface area (Å²) in [4.78, 5) is 0.0660. The first-order valence-electron chi connectivity index (χ1n) is 6.02. The minimum atomic E-state index is -3.68. The lowest BCUT2D eigenvalue weighted by molar-refractivity contribution is 0.567. The molecule has 112 valence electrons. The summed E-state index contributed by atoms with van der Waals surface area (Å²) in [5, 5.41) is 0.180. The van der Waals surface area contributed by atoms with E-state index in [0.29, 0.717) is 0 Å². The summed E-state index contributed by atoms with van der Waals surface area (Å²) in [5.74, 6) is 0. The Balaban J connectivity index is 2.26. The summed E-state index contributed by atoms with van der Waals surface area (Å²) < 4.78 is 29.1. The van der Waals surface area contributed by atoms with Gasteiger partial charge in [-0.25, -0.2) is 13.1 Å². The highest BCUT2D eigenvalue weighted by atomic mass is 79.9. The van der Waals surface area contributed by atoms with Crippen LogP contribution < -0.4 is 4.72 Å². The van der Waals surface area contributed by atoms with Crippen LogP contribution >= 0.6 is 43.5 Å². The van der Waals surface area contributed by atoms with Gasteiger partial charge in [-0.3, -0.25) is 0 Å². The van der Waals surface area contributed by atoms with Crippen molar-refractivity contribution in [1.82, 2.24) is 4.72 Å². The molecule has 0 aliphatic heterocycles. The molecule has 1 unspecified atom stereocenters. The molecular formula is C14H12Br2ClNO2S. The fourth-order valence-corrected chi connectivity index (χ4v) is 4.34. The van der Waals surface area contributed by atoms with Crippen molar-refractivity contribution in [1.29, 1.82) is 0 Å². The minimum absolute atomic E-state index is 0.0660. The van der Waals surface area contributed by atoms with Gasteiger partial charge < -0.3 is 0 Å². The fraction of sp³-hybridized carbons (Fsp3) is 0.143. The Bertz CT molecular complexity index is 748. The fourth-order valence-electron chi connectivity index (χ4n) is 1.81. The number of rotatable bonds is 4. The lowest BCUT2D eigenvalue weighted by Crippen LogP contribution is -2.27. The van der Waals surface area contributed by atoms with Gasteiger partial charge in [0.25, 0.3) is 0 Å². The van der Waals surface area contributed by atoms with Gasteiger partial charge in [-0.1, -0.05) is 55.6 Å². The van der Waals surface area contributed by atoms with Gasteiger partial charge in [0.1, 0.15) is 4.90 Å². The van der Waals surface area contributed by atoms with Crippen LogP contribution in [0.1, 0.15) is 18.5 Å². The van der Waals surface area contributed by atoms with Crippen LogP contribution in [0.2, 0.25) is 5.02 Å². The molecule has 0 aliphatic rings. The molecule has 21 heavy (non-hydrogen) atoms. The van der Waals surface area contributed by atoms with Gasteiger partial charge in [0, 0.05) is 15.0 Å². The Morgan fingerprint density at radius 2 is 1.62 bits per heavy atom. The monoisotopic (exact) mass is 451 g/mol. The van der Waals surface area contributed by atoms with Crippen LogP contribution in [0.4, 0.5) is 0 Å². The zero-order chi connectivity index (χ0) is 15.6. The van der Waals surface area contributed by atoms with E-state index in [-0.39, 0.29) is 16.0 Å². The van der Waals surface area contributed by atoms with Gasteiger partial charge >= 0.3 is 0 Å². The molecule has 3 nitrogen and oxygen atoms in total. The first kappa shape index (κ1) is 17.0. The molecule has 2 aromatic carbocycles. The zero-order valence-corrected chi connectivity index (χ0v) is 15.7. The van der Waals surface area contributed by atoms with Gasteiger partial charge in [0.15, 0.2) is 0 Å². The number of nitrogens with one attached hydrogen (secondary N) is 1. The largest absolute Gasteiger partial charge is 0.242 e. The maximum atomic E-state index is 12.4. The second-order valence-electron chi connectivity index (χ2n) is 4.47. The lowest BCUT2D eigenvalue weighted by atomic mass is 10.1. The molecule has 0 heterocycles. The Morgan fingerprint density at radius 1 is 1.05 bits per heavy atom. The van der Waals surface area contributed by atoms with Crippen LogP contribution in [-0.4, -0.2) is 8.42 Å². The highest BCUT2D eigenvalue weighted by Crippen LogP contribution is 2.26. The summed E-state index contributed by atoms with van der Waals surface area (Å²) in [6.45, 7) is 1.79. The third-order valence-electron chi connectivity index (χ3n) is 2.89. The number of halogens is 3. The standard InChI is InChI=1S/C14H12Br2ClNO2S/c1-9(10-2-4-11(15)5-3-10)18-21(19,20)14-7-6-12(16)8-13(14)17/h2-9,18H,1H3. The van der Waals surface area contributed by atoms with Crippen LogP contribution in [-0.2, 0) is 10.0 Å². The van der Waals surface area contributed by atoms with Crippen molar-refractivity contribution in [2.45, 2.75) is 17.9 Å². The number of hydrogen-bond donors (Lipinski definition) is 1. The smallest absolute Gasteiger partial charge is 0.207 e. The van der Waals surface area contributed by atoms with E-state index in [1.165, 1.54) is 6.07 Å². The average molecular weight is 454 g/mol. The Labute approximate surface area is 146 Å². The molecule has 0 spiro atoms. The van der Waals surface area contributed by atoms with Gasteiger partial charge in [-0.05, 0) is 42.8 Å². The highest BCUT2D eigenvalue weighted by molar-refractivity contribution is 9.10. The Morgan fingerprint density at radius 3 is 2.19 bits per heavy atom. The van der Waals surface area contributed by atoms with Gasteiger partial charge in [-0.15, -0.1) is 0 Å². The van der Waals surface area contributed by atoms with E-state index < -0.39 is 10.0 Å². The quantitative estimate of drug-likeness (QED) is 0.715. The Hall–Kier alpha value is -0.400. The molecule has 0 amide bonds. The van der Waals surface area contributed by atoms with Gasteiger partial charge in [0.05, 0.1) is 5.02 Å². The molecule has 2 aromatic rings. The second kappa shape index (κ2) is 6.79. The van der Waals surface area contributed by atoms with Crippen LogP contribution in [0.25, 0.3) is 0 Å². The molecule has 0 fully saturated rings. The predicted molar refractivity (Wildman–Crippen MR) is 92.0 cm³/mol. The molecular weight excluding hydrogens is 441 g/mol. The summed E-state index contributed by atoms with van der Waals surface area (Å²) in [6.07, 6.45) is 0. The maximum absolute atomic E-state index is 12.4. The molecule has 0 saturated carbocycles. The molecule has 0 bridgehead atoms. The van der Waals surface area contributed by atoms with E-state index in [9.17, 15) is 8.42 Å². The molecule has 1 N–H and O–H groups in total. The first-order valence-corrected chi connectivity index (χ1v) is 9.47. The summed E-state index contributed by atoms with van der Waals surface area (Å²) >= 11 is 12.6. The summed E-state index contributed by atoms with van der Waals surface area (Å²) in [7, 11) is -3.68. The van der Waals surface area contributed by atoms with Crippen LogP contribution in [0.15, 0.2) is 56.3 Å². The van der Waals surface area contributed by atoms with E-state index in [4.69, 9.17) is 11.6 Å². The van der Waals surface area contributed by atoms with Crippen LogP contribution in [0, 0.1) is 0 Å². The van der Waals surface area contributed by atoms with Gasteiger partial charge in [0.2, 0.25) is 10.0 Å². The minimum Gasteiger partial charge on any atom is -0.207 e. The Kier molecular flexibility index (Phi) is 5.48. The first-order chi connectivity index (χ1) is 9.79. The van der Waals surface area contributed by atoms with E-state index in [1.54, 1.807) is 19.1 Å². The second-order valence-corrected chi connectivity index (χ2v) is 8.39. The predicted octanol–water partition coefficient (Wildman–Crippen LogP) is 4.90. The zero-order valence-electron chi connectivity index (χ0n) is 11.0. The number of hydrogen-bond acceptors (Lipinski definition) is 2. The van der Waals surface area contributed by atoms with E-state index in [1.807, 2.05) is 24.3 Å². The summed E-state index contributed by atoms with van der Waals surface area (Å²) in [6, 6.07) is 11.8. The van der Waals surface area contributed by atoms with Crippen molar-refractivity contribution in [2.24, 2.45) is 0 Å². The average Bonchev–Trinajstić information content (AvgIpc) is 2.38. The molecule has 0 aliphatic carbocycles. The maximum Gasteiger partial charge on any atom is 0.242 e. The van der Waals surface area contributed by atoms with Crippen molar-refractivity contribution >= 4 is 53.5 Å². The van der Waals surface area contributed by atoms with Crippen molar-refractivity contribution in [3.05, 3.63) is 62.0 Å². The van der Waals surface area contributed by atoms with Crippen LogP contribution in [0.5, 0.6) is 0 Å². The third kappa shape index (κ3) is 4.29. The van der Waals surface area contributed by atoms with Crippen LogP contribution in [0.3, 0.4) is 0 Å². The number of benzene rings is 2. The van der Waals surface area contributed by atoms with E-state index in [2.05, 4.69) is 36.6 Å². The SMILES string of the molecule is CC(NS(=O)(=O)c1ccc(Br)cc1Cl)c1ccc(Br)cc1. The van der Waals surface area contributed by atoms with E-state index in [0.717, 1.165) is 14.5 Å². The van der Waals surface area contributed by atoms with E-state index >= 15 is 0 Å².